The summed E-state index contributed by atoms with van der Waals surface area (Å²) in [4.78, 5) is 33.3. The second-order valence-electron chi connectivity index (χ2n) is 9.96. The summed E-state index contributed by atoms with van der Waals surface area (Å²) in [6, 6.07) is 19.5. The number of imidazole rings is 1. The second kappa shape index (κ2) is 13.6. The molecule has 1 unspecified atom stereocenters. The molecular weight excluding hydrogens is 572 g/mol. The van der Waals surface area contributed by atoms with Crippen LogP contribution in [0.5, 0.6) is 17.2 Å². The molecule has 0 aliphatic carbocycles. The van der Waals surface area contributed by atoms with Gasteiger partial charge in [-0.3, -0.25) is 19.5 Å². The number of methoxy groups -OCH3 is 3. The van der Waals surface area contributed by atoms with Crippen LogP contribution >= 0.6 is 11.6 Å². The van der Waals surface area contributed by atoms with E-state index in [1.54, 1.807) is 74.4 Å². The van der Waals surface area contributed by atoms with Crippen LogP contribution in [0, 0.1) is 0 Å². The summed E-state index contributed by atoms with van der Waals surface area (Å²) in [6.07, 6.45) is 3.41. The summed E-state index contributed by atoms with van der Waals surface area (Å²) in [6.45, 7) is 0.732. The summed E-state index contributed by atoms with van der Waals surface area (Å²) in [5.74, 6) is 1.31. The zero-order valence-corrected chi connectivity index (χ0v) is 25.0. The fourth-order valence-corrected chi connectivity index (χ4v) is 5.03. The van der Waals surface area contributed by atoms with E-state index in [1.807, 2.05) is 24.4 Å². The minimum atomic E-state index is -0.408. The van der Waals surface area contributed by atoms with E-state index in [2.05, 4.69) is 5.32 Å². The number of amides is 2. The zero-order chi connectivity index (χ0) is 30.3. The third-order valence-corrected chi connectivity index (χ3v) is 7.40. The highest BCUT2D eigenvalue weighted by molar-refractivity contribution is 6.30. The molecule has 2 amide bonds. The van der Waals surface area contributed by atoms with Crippen LogP contribution in [0.25, 0.3) is 16.9 Å². The number of ether oxygens (including phenoxy) is 4. The third kappa shape index (κ3) is 7.10. The van der Waals surface area contributed by atoms with Crippen molar-refractivity contribution in [1.29, 1.82) is 0 Å². The molecule has 3 aromatic carbocycles. The number of benzene rings is 3. The fourth-order valence-electron chi connectivity index (χ4n) is 4.91. The van der Waals surface area contributed by atoms with E-state index in [-0.39, 0.29) is 24.5 Å². The van der Waals surface area contributed by atoms with E-state index < -0.39 is 5.91 Å². The summed E-state index contributed by atoms with van der Waals surface area (Å²) in [5.41, 5.74) is 2.57. The van der Waals surface area contributed by atoms with Gasteiger partial charge in [-0.1, -0.05) is 23.7 Å². The van der Waals surface area contributed by atoms with Crippen LogP contribution in [0.15, 0.2) is 72.9 Å². The molecule has 5 rings (SSSR count). The molecule has 1 fully saturated rings. The number of anilines is 1. The van der Waals surface area contributed by atoms with Crippen molar-refractivity contribution in [3.8, 4) is 34.2 Å². The monoisotopic (exact) mass is 604 g/mol. The van der Waals surface area contributed by atoms with E-state index in [0.717, 1.165) is 18.4 Å². The standard InChI is InChI=1S/C32H33ClN4O6/c1-40-25-13-8-22(9-14-25)31(39)36(18-26-5-4-16-43-26)20-30(38)35-32-34-27(21-6-10-23(33)11-7-21)19-37(32)24-12-15-28(41-2)29(17-24)42-3/h6-15,17,19,26H,4-5,16,18,20H2,1-3H3,(H,34,35,38). The van der Waals surface area contributed by atoms with Gasteiger partial charge in [-0.2, -0.15) is 0 Å². The van der Waals surface area contributed by atoms with Gasteiger partial charge in [0, 0.05) is 41.6 Å². The molecule has 0 saturated carbocycles. The first-order valence-electron chi connectivity index (χ1n) is 13.8. The van der Waals surface area contributed by atoms with Gasteiger partial charge in [-0.05, 0) is 61.4 Å². The molecule has 224 valence electrons. The molecule has 4 aromatic rings. The highest BCUT2D eigenvalue weighted by Crippen LogP contribution is 2.32. The maximum Gasteiger partial charge on any atom is 0.254 e. The average Bonchev–Trinajstić information content (AvgIpc) is 3.70. The lowest BCUT2D eigenvalue weighted by atomic mass is 10.1. The fraction of sp³-hybridized carbons (Fsp3) is 0.281. The molecule has 11 heteroatoms. The molecule has 1 aromatic heterocycles. The molecule has 0 spiro atoms. The Balaban J connectivity index is 1.44. The van der Waals surface area contributed by atoms with Gasteiger partial charge in [-0.25, -0.2) is 4.98 Å². The minimum absolute atomic E-state index is 0.139. The number of rotatable bonds is 11. The Kier molecular flexibility index (Phi) is 9.48. The molecule has 2 heterocycles. The molecule has 0 radical (unpaired) electrons. The molecular formula is C32H33ClN4O6. The van der Waals surface area contributed by atoms with Gasteiger partial charge < -0.3 is 23.8 Å². The Labute approximate surface area is 255 Å². The molecule has 1 N–H and O–H groups in total. The number of hydrogen-bond donors (Lipinski definition) is 1. The lowest BCUT2D eigenvalue weighted by molar-refractivity contribution is -0.117. The molecule has 43 heavy (non-hydrogen) atoms. The quantitative estimate of drug-likeness (QED) is 0.242. The predicted molar refractivity (Wildman–Crippen MR) is 164 cm³/mol. The zero-order valence-electron chi connectivity index (χ0n) is 24.2. The van der Waals surface area contributed by atoms with Gasteiger partial charge in [-0.15, -0.1) is 0 Å². The van der Waals surface area contributed by atoms with Crippen molar-refractivity contribution < 1.29 is 28.5 Å². The van der Waals surface area contributed by atoms with Crippen molar-refractivity contribution in [3.63, 3.8) is 0 Å². The Morgan fingerprint density at radius 1 is 1.00 bits per heavy atom. The van der Waals surface area contributed by atoms with Crippen LogP contribution in [0.1, 0.15) is 23.2 Å². The van der Waals surface area contributed by atoms with E-state index in [4.69, 9.17) is 35.5 Å². The first kappa shape index (κ1) is 29.9. The van der Waals surface area contributed by atoms with Crippen LogP contribution in [-0.2, 0) is 9.53 Å². The molecule has 10 nitrogen and oxygen atoms in total. The number of carbonyl (C=O) groups is 2. The van der Waals surface area contributed by atoms with E-state index in [1.165, 1.54) is 4.90 Å². The van der Waals surface area contributed by atoms with Gasteiger partial charge in [0.05, 0.1) is 38.8 Å². The maximum atomic E-state index is 13.5. The van der Waals surface area contributed by atoms with Crippen LogP contribution in [-0.4, -0.2) is 73.4 Å². The van der Waals surface area contributed by atoms with Gasteiger partial charge in [0.2, 0.25) is 11.9 Å². The highest BCUT2D eigenvalue weighted by Gasteiger charge is 2.26. The molecule has 1 aliphatic heterocycles. The van der Waals surface area contributed by atoms with Crippen molar-refractivity contribution in [2.75, 3.05) is 46.3 Å². The van der Waals surface area contributed by atoms with Crippen molar-refractivity contribution in [1.82, 2.24) is 14.5 Å². The number of aromatic nitrogens is 2. The SMILES string of the molecule is COc1ccc(C(=O)N(CC(=O)Nc2nc(-c3ccc(Cl)cc3)cn2-c2ccc(OC)c(OC)c2)CC2CCCO2)cc1. The summed E-state index contributed by atoms with van der Waals surface area (Å²) in [7, 11) is 4.68. The minimum Gasteiger partial charge on any atom is -0.497 e. The van der Waals surface area contributed by atoms with Gasteiger partial charge in [0.25, 0.3) is 5.91 Å². The molecule has 1 saturated heterocycles. The summed E-state index contributed by atoms with van der Waals surface area (Å²) < 4.78 is 23.7. The van der Waals surface area contributed by atoms with Crippen molar-refractivity contribution in [3.05, 3.63) is 83.5 Å². The second-order valence-corrected chi connectivity index (χ2v) is 10.4. The molecule has 1 atom stereocenters. The number of hydrogen-bond acceptors (Lipinski definition) is 7. The number of carbonyl (C=O) groups excluding carboxylic acids is 2. The highest BCUT2D eigenvalue weighted by atomic mass is 35.5. The van der Waals surface area contributed by atoms with Crippen molar-refractivity contribution in [2.45, 2.75) is 18.9 Å². The average molecular weight is 605 g/mol. The number of halogens is 1. The Morgan fingerprint density at radius 3 is 2.40 bits per heavy atom. The Hall–Kier alpha value is -4.54. The smallest absolute Gasteiger partial charge is 0.254 e. The van der Waals surface area contributed by atoms with E-state index in [0.29, 0.717) is 52.4 Å². The van der Waals surface area contributed by atoms with Crippen LogP contribution in [0.2, 0.25) is 5.02 Å². The first-order valence-corrected chi connectivity index (χ1v) is 14.2. The van der Waals surface area contributed by atoms with E-state index >= 15 is 0 Å². The number of nitrogens with zero attached hydrogens (tertiary/aromatic N) is 3. The normalized spacial score (nSPS) is 14.3. The molecule has 1 aliphatic rings. The maximum absolute atomic E-state index is 13.5. The van der Waals surface area contributed by atoms with Crippen molar-refractivity contribution >= 4 is 29.4 Å². The van der Waals surface area contributed by atoms with Crippen LogP contribution in [0.3, 0.4) is 0 Å². The van der Waals surface area contributed by atoms with Crippen LogP contribution in [0.4, 0.5) is 5.95 Å². The molecule has 0 bridgehead atoms. The first-order chi connectivity index (χ1) is 20.9. The van der Waals surface area contributed by atoms with Gasteiger partial charge in [0.15, 0.2) is 11.5 Å². The predicted octanol–water partition coefficient (Wildman–Crippen LogP) is 5.48. The number of nitrogens with one attached hydrogen (secondary N) is 1. The third-order valence-electron chi connectivity index (χ3n) is 7.15. The Bertz CT molecular complexity index is 1570. The summed E-state index contributed by atoms with van der Waals surface area (Å²) >= 11 is 6.10. The van der Waals surface area contributed by atoms with Gasteiger partial charge in [0.1, 0.15) is 12.3 Å². The lowest BCUT2D eigenvalue weighted by Crippen LogP contribution is -2.42. The Morgan fingerprint density at radius 2 is 1.74 bits per heavy atom. The van der Waals surface area contributed by atoms with E-state index in [9.17, 15) is 9.59 Å². The van der Waals surface area contributed by atoms with Crippen molar-refractivity contribution in [2.24, 2.45) is 0 Å². The van der Waals surface area contributed by atoms with Gasteiger partial charge >= 0.3 is 0 Å². The largest absolute Gasteiger partial charge is 0.497 e. The van der Waals surface area contributed by atoms with Crippen LogP contribution < -0.4 is 19.5 Å². The lowest BCUT2D eigenvalue weighted by Gasteiger charge is -2.25. The summed E-state index contributed by atoms with van der Waals surface area (Å²) in [5, 5.41) is 3.52. The topological polar surface area (TPSA) is 104 Å².